The number of aliphatic hydroxyl groups is 1. The fraction of sp³-hybridized carbons (Fsp3) is 0.625. The lowest BCUT2D eigenvalue weighted by Crippen LogP contribution is -2.35. The van der Waals surface area contributed by atoms with E-state index in [-0.39, 0.29) is 0 Å². The maximum Gasteiger partial charge on any atom is 0.0916 e. The Morgan fingerprint density at radius 3 is 2.70 bits per heavy atom. The highest BCUT2D eigenvalue weighted by molar-refractivity contribution is 5.24. The highest BCUT2D eigenvalue weighted by Crippen LogP contribution is 2.17. The van der Waals surface area contributed by atoms with E-state index in [4.69, 9.17) is 10.5 Å². The lowest BCUT2D eigenvalue weighted by Gasteiger charge is -2.28. The third-order valence-corrected chi connectivity index (χ3v) is 3.87. The summed E-state index contributed by atoms with van der Waals surface area (Å²) in [6.07, 6.45) is 3.42. The van der Waals surface area contributed by atoms with Crippen LogP contribution in [-0.2, 0) is 11.3 Å². The largest absolute Gasteiger partial charge is 0.387 e. The molecule has 1 aliphatic rings. The normalized spacial score (nSPS) is 21.1. The van der Waals surface area contributed by atoms with Crippen molar-refractivity contribution in [1.82, 2.24) is 4.90 Å². The van der Waals surface area contributed by atoms with E-state index in [1.54, 1.807) is 0 Å². The number of likely N-dealkylation sites (N-methyl/N-ethyl adjacent to an activating group) is 1. The number of nitrogens with zero attached hydrogens (tertiary/aromatic N) is 1. The summed E-state index contributed by atoms with van der Waals surface area (Å²) in [4.78, 5) is 2.15. The fourth-order valence-electron chi connectivity index (χ4n) is 2.65. The molecule has 1 aromatic carbocycles. The van der Waals surface area contributed by atoms with Crippen molar-refractivity contribution >= 4 is 0 Å². The molecule has 0 aliphatic carbocycles. The molecule has 0 spiro atoms. The van der Waals surface area contributed by atoms with Gasteiger partial charge < -0.3 is 20.5 Å². The third-order valence-electron chi connectivity index (χ3n) is 3.87. The number of hydrogen-bond acceptors (Lipinski definition) is 4. The zero-order valence-electron chi connectivity index (χ0n) is 12.3. The molecule has 2 atom stereocenters. The Balaban J connectivity index is 1.81. The Hall–Kier alpha value is -0.940. The van der Waals surface area contributed by atoms with E-state index < -0.39 is 6.10 Å². The van der Waals surface area contributed by atoms with Crippen molar-refractivity contribution in [2.24, 2.45) is 5.73 Å². The van der Waals surface area contributed by atoms with E-state index in [1.807, 2.05) is 31.3 Å². The third kappa shape index (κ3) is 4.56. The Bertz CT molecular complexity index is 388. The smallest absolute Gasteiger partial charge is 0.0916 e. The molecular formula is C16H26N2O2. The zero-order chi connectivity index (χ0) is 14.4. The first-order valence-corrected chi connectivity index (χ1v) is 7.46. The van der Waals surface area contributed by atoms with E-state index in [0.717, 1.165) is 30.7 Å². The van der Waals surface area contributed by atoms with Gasteiger partial charge in [-0.2, -0.15) is 0 Å². The molecular weight excluding hydrogens is 252 g/mol. The molecule has 3 N–H and O–H groups in total. The van der Waals surface area contributed by atoms with Crippen LogP contribution in [0.1, 0.15) is 36.5 Å². The van der Waals surface area contributed by atoms with Crippen molar-refractivity contribution in [1.29, 1.82) is 0 Å². The predicted octanol–water partition coefficient (Wildman–Crippen LogP) is 1.68. The van der Waals surface area contributed by atoms with E-state index in [1.165, 1.54) is 12.8 Å². The summed E-state index contributed by atoms with van der Waals surface area (Å²) < 4.78 is 5.73. The first kappa shape index (κ1) is 15.4. The monoisotopic (exact) mass is 278 g/mol. The molecule has 2 rings (SSSR count). The molecule has 112 valence electrons. The molecule has 0 amide bonds. The number of ether oxygens (including phenoxy) is 1. The highest BCUT2D eigenvalue weighted by Gasteiger charge is 2.18. The van der Waals surface area contributed by atoms with Gasteiger partial charge in [-0.25, -0.2) is 0 Å². The summed E-state index contributed by atoms with van der Waals surface area (Å²) >= 11 is 0. The quantitative estimate of drug-likeness (QED) is 0.831. The van der Waals surface area contributed by atoms with Crippen LogP contribution in [0.5, 0.6) is 0 Å². The number of hydrogen-bond donors (Lipinski definition) is 2. The van der Waals surface area contributed by atoms with E-state index in [9.17, 15) is 5.11 Å². The van der Waals surface area contributed by atoms with Crippen LogP contribution in [0.4, 0.5) is 0 Å². The number of benzene rings is 1. The van der Waals surface area contributed by atoms with Gasteiger partial charge in [0.1, 0.15) is 0 Å². The summed E-state index contributed by atoms with van der Waals surface area (Å²) in [5.74, 6) is 0. The van der Waals surface area contributed by atoms with Crippen LogP contribution >= 0.6 is 0 Å². The summed E-state index contributed by atoms with van der Waals surface area (Å²) in [6, 6.07) is 7.86. The van der Waals surface area contributed by atoms with Crippen molar-refractivity contribution in [3.05, 3.63) is 35.4 Å². The summed E-state index contributed by atoms with van der Waals surface area (Å²) in [7, 11) is 2.04. The number of aliphatic hydroxyl groups excluding tert-OH is 1. The minimum atomic E-state index is -0.463. The first-order chi connectivity index (χ1) is 9.69. The highest BCUT2D eigenvalue weighted by atomic mass is 16.5. The predicted molar refractivity (Wildman–Crippen MR) is 80.4 cm³/mol. The zero-order valence-corrected chi connectivity index (χ0v) is 12.3. The van der Waals surface area contributed by atoms with Crippen molar-refractivity contribution in [2.45, 2.75) is 38.0 Å². The summed E-state index contributed by atoms with van der Waals surface area (Å²) in [5.41, 5.74) is 7.61. The Labute approximate surface area is 121 Å². The Morgan fingerprint density at radius 2 is 2.10 bits per heavy atom. The van der Waals surface area contributed by atoms with Crippen LogP contribution < -0.4 is 5.73 Å². The second-order valence-electron chi connectivity index (χ2n) is 5.67. The Morgan fingerprint density at radius 1 is 1.35 bits per heavy atom. The minimum absolute atomic E-state index is 0.320. The van der Waals surface area contributed by atoms with Gasteiger partial charge in [-0.15, -0.1) is 0 Å². The number of rotatable bonds is 6. The summed E-state index contributed by atoms with van der Waals surface area (Å²) in [5, 5.41) is 10.3. The molecule has 1 aliphatic heterocycles. The fourth-order valence-corrected chi connectivity index (χ4v) is 2.65. The maximum atomic E-state index is 10.3. The van der Waals surface area contributed by atoms with Crippen molar-refractivity contribution in [3.63, 3.8) is 0 Å². The lowest BCUT2D eigenvalue weighted by molar-refractivity contribution is -0.00795. The topological polar surface area (TPSA) is 58.7 Å². The standard InChI is InChI=1S/C16H26N2O2/c1-18(11-15-4-2-3-9-20-15)12-16(19)14-7-5-13(10-17)6-8-14/h5-8,15-16,19H,2-4,9-12,17H2,1H3. The van der Waals surface area contributed by atoms with Crippen LogP contribution in [0.3, 0.4) is 0 Å². The van der Waals surface area contributed by atoms with Gasteiger partial charge in [0.25, 0.3) is 0 Å². The Kier molecular flexibility index (Phi) is 5.98. The molecule has 1 fully saturated rings. The van der Waals surface area contributed by atoms with Crippen LogP contribution in [0.2, 0.25) is 0 Å². The van der Waals surface area contributed by atoms with Gasteiger partial charge in [0.2, 0.25) is 0 Å². The van der Waals surface area contributed by atoms with Crippen LogP contribution in [0.25, 0.3) is 0 Å². The van der Waals surface area contributed by atoms with Crippen LogP contribution in [0.15, 0.2) is 24.3 Å². The van der Waals surface area contributed by atoms with E-state index >= 15 is 0 Å². The molecule has 1 aromatic rings. The van der Waals surface area contributed by atoms with E-state index in [0.29, 0.717) is 19.2 Å². The van der Waals surface area contributed by atoms with Crippen LogP contribution in [-0.4, -0.2) is 42.9 Å². The van der Waals surface area contributed by atoms with Gasteiger partial charge >= 0.3 is 0 Å². The number of nitrogens with two attached hydrogens (primary N) is 1. The average molecular weight is 278 g/mol. The molecule has 1 heterocycles. The van der Waals surface area contributed by atoms with Gasteiger partial charge in [-0.1, -0.05) is 24.3 Å². The average Bonchev–Trinajstić information content (AvgIpc) is 2.48. The van der Waals surface area contributed by atoms with Crippen molar-refractivity contribution in [3.8, 4) is 0 Å². The molecule has 0 radical (unpaired) electrons. The van der Waals surface area contributed by atoms with Crippen LogP contribution in [0, 0.1) is 0 Å². The van der Waals surface area contributed by atoms with Gasteiger partial charge in [0, 0.05) is 26.2 Å². The van der Waals surface area contributed by atoms with Gasteiger partial charge in [-0.05, 0) is 37.4 Å². The molecule has 0 saturated carbocycles. The first-order valence-electron chi connectivity index (χ1n) is 7.46. The van der Waals surface area contributed by atoms with E-state index in [2.05, 4.69) is 4.90 Å². The molecule has 2 unspecified atom stereocenters. The molecule has 4 nitrogen and oxygen atoms in total. The summed E-state index contributed by atoms with van der Waals surface area (Å²) in [6.45, 7) is 2.93. The molecule has 20 heavy (non-hydrogen) atoms. The van der Waals surface area contributed by atoms with Gasteiger partial charge in [0.05, 0.1) is 12.2 Å². The van der Waals surface area contributed by atoms with Crippen molar-refractivity contribution in [2.75, 3.05) is 26.7 Å². The van der Waals surface area contributed by atoms with Gasteiger partial charge in [-0.3, -0.25) is 0 Å². The molecule has 0 aromatic heterocycles. The second-order valence-corrected chi connectivity index (χ2v) is 5.67. The minimum Gasteiger partial charge on any atom is -0.387 e. The second kappa shape index (κ2) is 7.74. The lowest BCUT2D eigenvalue weighted by atomic mass is 10.1. The maximum absolute atomic E-state index is 10.3. The van der Waals surface area contributed by atoms with Gasteiger partial charge in [0.15, 0.2) is 0 Å². The van der Waals surface area contributed by atoms with Crippen molar-refractivity contribution < 1.29 is 9.84 Å². The molecule has 1 saturated heterocycles. The molecule has 0 bridgehead atoms. The molecule has 4 heteroatoms. The SMILES string of the molecule is CN(CC1CCCCO1)CC(O)c1ccc(CN)cc1.